The van der Waals surface area contributed by atoms with E-state index in [-0.39, 0.29) is 6.10 Å². The molecule has 10 aromatic rings. The summed E-state index contributed by atoms with van der Waals surface area (Å²) in [6.45, 7) is 17.0. The Morgan fingerprint density at radius 3 is 1.93 bits per heavy atom. The van der Waals surface area contributed by atoms with Gasteiger partial charge in [-0.3, -0.25) is 5.10 Å². The van der Waals surface area contributed by atoms with Gasteiger partial charge in [-0.15, -0.1) is 22.7 Å². The number of likely N-dealkylation sites (tertiary alicyclic amines) is 1. The number of carbonyl (C=O) groups excluding carboxylic acids is 2. The number of hydrogen-bond acceptors (Lipinski definition) is 14. The normalized spacial score (nSPS) is 13.5. The Hall–Kier alpha value is -6.84. The van der Waals surface area contributed by atoms with Gasteiger partial charge in [0, 0.05) is 63.1 Å². The molecule has 0 atom stereocenters. The molecule has 430 valence electrons. The predicted octanol–water partition coefficient (Wildman–Crippen LogP) is 14.9. The maximum Gasteiger partial charge on any atom is 0.435 e. The topological polar surface area (TPSA) is 180 Å². The standard InChI is InChI=1S/C34H38BrN3O6S.C29H32N4O3S/c1-33(2,3)43-31(39)37-26-18-24(42-16-10-15-35)14-13-23(26)17-27(37)29-30-28(38(36-29)32(40)44-34(4,5)6)19-25(45-30)21-41-20-22-11-8-7-9-12-22;34-22-9-12-33(13-10-22)11-4-14-36-23-8-7-21-15-26(30-25(21)16-23)28-29-27(31-32-28)17-24(37-29)19-35-18-20-5-2-1-3-6-20/h7-9,11-14,17-19H,10,15-16,20-21H2,1-6H3;1-3,5-8,15-17,22,30,34H,4,9-14,18-19H2,(H,31,32). The fourth-order valence-electron chi connectivity index (χ4n) is 9.59. The number of halogens is 1. The van der Waals surface area contributed by atoms with Gasteiger partial charge in [-0.1, -0.05) is 76.6 Å². The molecule has 0 unspecified atom stereocenters. The predicted molar refractivity (Wildman–Crippen MR) is 329 cm³/mol. The lowest BCUT2D eigenvalue weighted by atomic mass is 10.1. The number of ether oxygens (including phenoxy) is 6. The van der Waals surface area contributed by atoms with Crippen LogP contribution in [-0.4, -0.2) is 107 Å². The van der Waals surface area contributed by atoms with Gasteiger partial charge in [-0.05, 0) is 127 Å². The summed E-state index contributed by atoms with van der Waals surface area (Å²) in [7, 11) is 0. The highest BCUT2D eigenvalue weighted by Gasteiger charge is 2.30. The Labute approximate surface area is 493 Å². The number of fused-ring (bicyclic) bond motifs is 4. The zero-order chi connectivity index (χ0) is 57.4. The Morgan fingerprint density at radius 1 is 0.659 bits per heavy atom. The van der Waals surface area contributed by atoms with Crippen molar-refractivity contribution in [1.29, 1.82) is 0 Å². The molecule has 0 bridgehead atoms. The number of piperidine rings is 1. The third-order valence-corrected chi connectivity index (χ3v) is 16.2. The smallest absolute Gasteiger partial charge is 0.435 e. The number of rotatable bonds is 19. The molecule has 0 amide bonds. The summed E-state index contributed by atoms with van der Waals surface area (Å²) in [6, 6.07) is 40.0. The van der Waals surface area contributed by atoms with Gasteiger partial charge in [0.15, 0.2) is 0 Å². The third kappa shape index (κ3) is 14.9. The fraction of sp³-hybridized carbons (Fsp3) is 0.365. The maximum absolute atomic E-state index is 13.8. The number of thiophene rings is 2. The number of carbonyl (C=O) groups is 2. The van der Waals surface area contributed by atoms with E-state index in [9.17, 15) is 14.7 Å². The van der Waals surface area contributed by atoms with Crippen molar-refractivity contribution >= 4 is 93.0 Å². The fourth-order valence-corrected chi connectivity index (χ4v) is 11.9. The summed E-state index contributed by atoms with van der Waals surface area (Å²) < 4.78 is 40.1. The molecule has 1 saturated heterocycles. The van der Waals surface area contributed by atoms with Gasteiger partial charge >= 0.3 is 12.2 Å². The molecule has 0 saturated carbocycles. The van der Waals surface area contributed by atoms with Gasteiger partial charge < -0.3 is 43.4 Å². The van der Waals surface area contributed by atoms with Crippen LogP contribution in [0, 0.1) is 0 Å². The molecule has 0 aliphatic carbocycles. The van der Waals surface area contributed by atoms with Gasteiger partial charge in [-0.2, -0.15) is 14.9 Å². The van der Waals surface area contributed by atoms with Crippen LogP contribution in [0.2, 0.25) is 0 Å². The molecule has 11 rings (SSSR count). The zero-order valence-corrected chi connectivity index (χ0v) is 50.4. The second-order valence-electron chi connectivity index (χ2n) is 22.3. The summed E-state index contributed by atoms with van der Waals surface area (Å²) in [5.41, 5.74) is 6.89. The van der Waals surface area contributed by atoms with Crippen molar-refractivity contribution in [1.82, 2.24) is 34.4 Å². The van der Waals surface area contributed by atoms with Crippen molar-refractivity contribution in [3.63, 3.8) is 0 Å². The van der Waals surface area contributed by atoms with Crippen LogP contribution in [0.4, 0.5) is 9.59 Å². The minimum Gasteiger partial charge on any atom is -0.493 e. The van der Waals surface area contributed by atoms with Crippen LogP contribution in [0.5, 0.6) is 11.5 Å². The van der Waals surface area contributed by atoms with Crippen LogP contribution in [0.15, 0.2) is 121 Å². The molecule has 1 fully saturated rings. The number of aromatic amines is 2. The molecule has 4 aromatic carbocycles. The van der Waals surface area contributed by atoms with Crippen molar-refractivity contribution in [3.05, 3.63) is 142 Å². The minimum atomic E-state index is -0.744. The maximum atomic E-state index is 13.8. The lowest BCUT2D eigenvalue weighted by molar-refractivity contribution is 0.0520. The van der Waals surface area contributed by atoms with E-state index in [4.69, 9.17) is 33.5 Å². The Balaban J connectivity index is 0.000000187. The van der Waals surface area contributed by atoms with E-state index in [1.807, 2.05) is 106 Å². The molecule has 7 heterocycles. The van der Waals surface area contributed by atoms with E-state index in [0.717, 1.165) is 109 Å². The SMILES string of the molecule is CC(C)(C)OC(=O)n1nc(-c2cc3ccc(OCCCBr)cc3n2C(=O)OC(C)(C)C)c2sc(COCc3ccccc3)cc21.OC1CCN(CCCOc2ccc3cc(-c4n[nH]c5cc(COCc6ccccc6)sc45)[nH]c3c2)CC1. The molecule has 1 aliphatic rings. The van der Waals surface area contributed by atoms with E-state index >= 15 is 0 Å². The van der Waals surface area contributed by atoms with E-state index in [0.29, 0.717) is 67.8 Å². The van der Waals surface area contributed by atoms with Gasteiger partial charge in [-0.25, -0.2) is 14.2 Å². The highest BCUT2D eigenvalue weighted by Crippen LogP contribution is 2.40. The van der Waals surface area contributed by atoms with Crippen LogP contribution >= 0.6 is 38.6 Å². The Bertz CT molecular complexity index is 3750. The summed E-state index contributed by atoms with van der Waals surface area (Å²) in [5.74, 6) is 1.51. The average Bonchev–Trinajstić information content (AvgIpc) is 4.36. The van der Waals surface area contributed by atoms with Crippen molar-refractivity contribution in [3.8, 4) is 34.3 Å². The second-order valence-corrected chi connectivity index (χ2v) is 25.4. The van der Waals surface area contributed by atoms with Crippen molar-refractivity contribution in [2.24, 2.45) is 0 Å². The second kappa shape index (κ2) is 26.2. The Morgan fingerprint density at radius 2 is 1.27 bits per heavy atom. The van der Waals surface area contributed by atoms with E-state index in [2.05, 4.69) is 72.4 Å². The van der Waals surface area contributed by atoms with Gasteiger partial charge in [0.25, 0.3) is 0 Å². The molecule has 3 N–H and O–H groups in total. The van der Waals surface area contributed by atoms with Crippen LogP contribution in [0.1, 0.15) is 88.1 Å². The monoisotopic (exact) mass is 1210 g/mol. The molecular formula is C63H70BrN7O9S2. The third-order valence-electron chi connectivity index (χ3n) is 13.4. The first-order valence-corrected chi connectivity index (χ1v) is 30.5. The lowest BCUT2D eigenvalue weighted by Gasteiger charge is -2.29. The van der Waals surface area contributed by atoms with Crippen LogP contribution in [0.25, 0.3) is 65.0 Å². The number of aromatic nitrogens is 6. The molecule has 0 spiro atoms. The zero-order valence-electron chi connectivity index (χ0n) is 47.2. The van der Waals surface area contributed by atoms with E-state index in [1.54, 1.807) is 32.1 Å². The van der Waals surface area contributed by atoms with Gasteiger partial charge in [0.05, 0.1) is 83.1 Å². The molecule has 19 heteroatoms. The van der Waals surface area contributed by atoms with E-state index < -0.39 is 23.4 Å². The minimum absolute atomic E-state index is 0.122. The van der Waals surface area contributed by atoms with Crippen LogP contribution in [-0.2, 0) is 45.4 Å². The van der Waals surface area contributed by atoms with Crippen molar-refractivity contribution in [2.75, 3.05) is 38.2 Å². The highest BCUT2D eigenvalue weighted by molar-refractivity contribution is 9.09. The highest BCUT2D eigenvalue weighted by atomic mass is 79.9. The Kier molecular flexibility index (Phi) is 18.6. The lowest BCUT2D eigenvalue weighted by Crippen LogP contribution is -2.36. The largest absolute Gasteiger partial charge is 0.493 e. The van der Waals surface area contributed by atoms with Crippen molar-refractivity contribution < 1.29 is 43.1 Å². The van der Waals surface area contributed by atoms with Crippen LogP contribution in [0.3, 0.4) is 0 Å². The number of benzene rings is 4. The van der Waals surface area contributed by atoms with Crippen LogP contribution < -0.4 is 9.47 Å². The van der Waals surface area contributed by atoms with Crippen molar-refractivity contribution in [2.45, 2.75) is 111 Å². The number of hydrogen-bond donors (Lipinski definition) is 3. The number of alkyl halides is 1. The summed E-state index contributed by atoms with van der Waals surface area (Å²) in [5, 5.41) is 24.9. The number of nitrogens with one attached hydrogen (secondary N) is 2. The molecule has 6 aromatic heterocycles. The summed E-state index contributed by atoms with van der Waals surface area (Å²) in [6.07, 6.45) is 2.28. The number of nitrogens with zero attached hydrogens (tertiary/aromatic N) is 5. The molecule has 82 heavy (non-hydrogen) atoms. The summed E-state index contributed by atoms with van der Waals surface area (Å²) in [4.78, 5) is 35.2. The first-order valence-electron chi connectivity index (χ1n) is 27.7. The molecule has 1 aliphatic heterocycles. The molecule has 16 nitrogen and oxygen atoms in total. The summed E-state index contributed by atoms with van der Waals surface area (Å²) >= 11 is 6.61. The van der Waals surface area contributed by atoms with E-state index in [1.165, 1.54) is 31.0 Å². The first-order chi connectivity index (χ1) is 39.5. The quantitative estimate of drug-likeness (QED) is 0.0516. The van der Waals surface area contributed by atoms with Gasteiger partial charge in [0.1, 0.15) is 34.1 Å². The van der Waals surface area contributed by atoms with Gasteiger partial charge in [0.2, 0.25) is 0 Å². The number of aliphatic hydroxyl groups excluding tert-OH is 1. The molecular weight excluding hydrogens is 1140 g/mol. The average molecular weight is 1210 g/mol. The number of aliphatic hydroxyl groups is 1. The molecule has 0 radical (unpaired) electrons. The first kappa shape index (κ1) is 58.4. The number of H-pyrrole nitrogens is 2.